The Hall–Kier alpha value is -2.69. The second-order valence-corrected chi connectivity index (χ2v) is 7.06. The normalized spacial score (nSPS) is 11.9. The van der Waals surface area contributed by atoms with Gasteiger partial charge in [-0.2, -0.15) is 8.42 Å². The fourth-order valence-corrected chi connectivity index (χ4v) is 4.03. The Balaban J connectivity index is 2.08. The maximum absolute atomic E-state index is 12.1. The maximum atomic E-state index is 12.1. The highest BCUT2D eigenvalue weighted by atomic mass is 32.2. The van der Waals surface area contributed by atoms with E-state index in [1.54, 1.807) is 18.2 Å². The molecule has 4 rings (SSSR count). The van der Waals surface area contributed by atoms with Gasteiger partial charge in [0.25, 0.3) is 10.1 Å². The highest BCUT2D eigenvalue weighted by Crippen LogP contribution is 2.35. The fourth-order valence-electron chi connectivity index (χ4n) is 3.11. The van der Waals surface area contributed by atoms with E-state index in [2.05, 4.69) is 0 Å². The van der Waals surface area contributed by atoms with Gasteiger partial charge in [-0.3, -0.25) is 4.55 Å². The van der Waals surface area contributed by atoms with Crippen LogP contribution in [0.2, 0.25) is 0 Å². The molecule has 0 radical (unpaired) electrons. The fraction of sp³-hybridized carbons (Fsp3) is 0. The highest BCUT2D eigenvalue weighted by Gasteiger charge is 2.20. The average molecular weight is 334 g/mol. The Morgan fingerprint density at radius 1 is 0.667 bits per heavy atom. The van der Waals surface area contributed by atoms with Crippen LogP contribution in [0.1, 0.15) is 0 Å². The van der Waals surface area contributed by atoms with E-state index >= 15 is 0 Å². The lowest BCUT2D eigenvalue weighted by Crippen LogP contribution is -2.02. The quantitative estimate of drug-likeness (QED) is 0.530. The standard InChI is InChI=1S/C20H14O3S/c21-24(22,23)20-18-8-4-3-6-15(18)11-12-19(20)17-10-9-14-5-1-2-7-16(14)13-17/h1-13H,(H,21,22,23). The van der Waals surface area contributed by atoms with Crippen molar-refractivity contribution in [1.82, 2.24) is 0 Å². The molecule has 0 atom stereocenters. The predicted molar refractivity (Wildman–Crippen MR) is 96.7 cm³/mol. The Morgan fingerprint density at radius 2 is 1.29 bits per heavy atom. The van der Waals surface area contributed by atoms with E-state index in [-0.39, 0.29) is 4.90 Å². The molecule has 4 aromatic carbocycles. The van der Waals surface area contributed by atoms with E-state index in [1.807, 2.05) is 60.7 Å². The van der Waals surface area contributed by atoms with E-state index in [1.165, 1.54) is 0 Å². The molecule has 24 heavy (non-hydrogen) atoms. The lowest BCUT2D eigenvalue weighted by molar-refractivity contribution is 0.484. The van der Waals surface area contributed by atoms with Gasteiger partial charge in [0.2, 0.25) is 0 Å². The first kappa shape index (κ1) is 14.9. The number of benzene rings is 4. The van der Waals surface area contributed by atoms with Crippen LogP contribution < -0.4 is 0 Å². The summed E-state index contributed by atoms with van der Waals surface area (Å²) in [7, 11) is -4.36. The van der Waals surface area contributed by atoms with Gasteiger partial charge in [0.15, 0.2) is 0 Å². The molecule has 0 aliphatic heterocycles. The number of hydrogen-bond donors (Lipinski definition) is 1. The third-order valence-corrected chi connectivity index (χ3v) is 5.15. The van der Waals surface area contributed by atoms with Crippen molar-refractivity contribution in [2.24, 2.45) is 0 Å². The Labute approximate surface area is 139 Å². The molecule has 118 valence electrons. The van der Waals surface area contributed by atoms with Crippen LogP contribution in [-0.4, -0.2) is 13.0 Å². The number of fused-ring (bicyclic) bond motifs is 2. The molecular formula is C20H14O3S. The molecule has 0 heterocycles. The summed E-state index contributed by atoms with van der Waals surface area (Å²) in [5.74, 6) is 0. The minimum Gasteiger partial charge on any atom is -0.282 e. The van der Waals surface area contributed by atoms with Crippen LogP contribution >= 0.6 is 0 Å². The summed E-state index contributed by atoms with van der Waals surface area (Å²) >= 11 is 0. The van der Waals surface area contributed by atoms with Gasteiger partial charge >= 0.3 is 0 Å². The van der Waals surface area contributed by atoms with Crippen molar-refractivity contribution in [3.63, 3.8) is 0 Å². The average Bonchev–Trinajstić information content (AvgIpc) is 2.59. The molecule has 0 saturated heterocycles. The van der Waals surface area contributed by atoms with Crippen molar-refractivity contribution in [3.8, 4) is 11.1 Å². The van der Waals surface area contributed by atoms with Gasteiger partial charge in [-0.05, 0) is 27.8 Å². The first-order chi connectivity index (χ1) is 11.5. The van der Waals surface area contributed by atoms with Crippen molar-refractivity contribution >= 4 is 31.7 Å². The van der Waals surface area contributed by atoms with Crippen molar-refractivity contribution in [3.05, 3.63) is 78.9 Å². The second-order valence-electron chi connectivity index (χ2n) is 5.70. The summed E-state index contributed by atoms with van der Waals surface area (Å²) in [6, 6.07) is 24.4. The van der Waals surface area contributed by atoms with Crippen LogP contribution in [0.3, 0.4) is 0 Å². The van der Waals surface area contributed by atoms with Crippen molar-refractivity contribution in [2.75, 3.05) is 0 Å². The summed E-state index contributed by atoms with van der Waals surface area (Å²) in [4.78, 5) is -0.0455. The SMILES string of the molecule is O=S(=O)(O)c1c(-c2ccc3ccccc3c2)ccc2ccccc12. The van der Waals surface area contributed by atoms with E-state index in [9.17, 15) is 13.0 Å². The molecule has 0 aliphatic rings. The van der Waals surface area contributed by atoms with Crippen LogP contribution in [0.15, 0.2) is 83.8 Å². The Kier molecular flexibility index (Phi) is 3.37. The molecule has 3 nitrogen and oxygen atoms in total. The summed E-state index contributed by atoms with van der Waals surface area (Å²) < 4.78 is 33.9. The maximum Gasteiger partial charge on any atom is 0.295 e. The number of rotatable bonds is 2. The third kappa shape index (κ3) is 2.46. The predicted octanol–water partition coefficient (Wildman–Crippen LogP) is 4.91. The number of hydrogen-bond acceptors (Lipinski definition) is 2. The largest absolute Gasteiger partial charge is 0.295 e. The Morgan fingerprint density at radius 3 is 2.04 bits per heavy atom. The molecule has 0 spiro atoms. The van der Waals surface area contributed by atoms with Gasteiger partial charge in [-0.15, -0.1) is 0 Å². The second kappa shape index (κ2) is 5.44. The zero-order chi connectivity index (χ0) is 16.7. The smallest absolute Gasteiger partial charge is 0.282 e. The van der Waals surface area contributed by atoms with Crippen LogP contribution in [0.5, 0.6) is 0 Å². The van der Waals surface area contributed by atoms with Gasteiger partial charge in [0, 0.05) is 10.9 Å². The van der Waals surface area contributed by atoms with E-state index in [0.29, 0.717) is 10.9 Å². The van der Waals surface area contributed by atoms with Gasteiger partial charge in [0.1, 0.15) is 4.90 Å². The minimum atomic E-state index is -4.36. The topological polar surface area (TPSA) is 54.4 Å². The molecule has 4 heteroatoms. The molecular weight excluding hydrogens is 320 g/mol. The van der Waals surface area contributed by atoms with E-state index in [4.69, 9.17) is 0 Å². The van der Waals surface area contributed by atoms with E-state index in [0.717, 1.165) is 21.7 Å². The molecule has 0 fully saturated rings. The van der Waals surface area contributed by atoms with Gasteiger partial charge < -0.3 is 0 Å². The highest BCUT2D eigenvalue weighted by molar-refractivity contribution is 7.86. The summed E-state index contributed by atoms with van der Waals surface area (Å²) in [6.07, 6.45) is 0. The van der Waals surface area contributed by atoms with Crippen LogP contribution in [0.25, 0.3) is 32.7 Å². The first-order valence-electron chi connectivity index (χ1n) is 7.52. The summed E-state index contributed by atoms with van der Waals surface area (Å²) in [5, 5.41) is 3.39. The molecule has 0 bridgehead atoms. The van der Waals surface area contributed by atoms with Gasteiger partial charge in [0.05, 0.1) is 0 Å². The van der Waals surface area contributed by atoms with Crippen molar-refractivity contribution in [1.29, 1.82) is 0 Å². The minimum absolute atomic E-state index is 0.0455. The molecule has 0 amide bonds. The molecule has 0 aliphatic carbocycles. The van der Waals surface area contributed by atoms with Crippen LogP contribution in [-0.2, 0) is 10.1 Å². The zero-order valence-electron chi connectivity index (χ0n) is 12.7. The molecule has 1 N–H and O–H groups in total. The monoisotopic (exact) mass is 334 g/mol. The van der Waals surface area contributed by atoms with Gasteiger partial charge in [-0.1, -0.05) is 72.8 Å². The first-order valence-corrected chi connectivity index (χ1v) is 8.96. The zero-order valence-corrected chi connectivity index (χ0v) is 13.5. The van der Waals surface area contributed by atoms with Crippen LogP contribution in [0, 0.1) is 0 Å². The Bertz CT molecular complexity index is 1180. The lowest BCUT2D eigenvalue weighted by Gasteiger charge is -2.12. The summed E-state index contributed by atoms with van der Waals surface area (Å²) in [5.41, 5.74) is 1.26. The van der Waals surface area contributed by atoms with Crippen LogP contribution in [0.4, 0.5) is 0 Å². The molecule has 0 aromatic heterocycles. The molecule has 0 unspecified atom stereocenters. The van der Waals surface area contributed by atoms with Crippen molar-refractivity contribution in [2.45, 2.75) is 4.90 Å². The summed E-state index contributed by atoms with van der Waals surface area (Å²) in [6.45, 7) is 0. The molecule has 4 aromatic rings. The lowest BCUT2D eigenvalue weighted by atomic mass is 9.98. The molecule has 0 saturated carbocycles. The third-order valence-electron chi connectivity index (χ3n) is 4.20. The van der Waals surface area contributed by atoms with Crippen molar-refractivity contribution < 1.29 is 13.0 Å². The van der Waals surface area contributed by atoms with Gasteiger partial charge in [-0.25, -0.2) is 0 Å². The van der Waals surface area contributed by atoms with E-state index < -0.39 is 10.1 Å².